The van der Waals surface area contributed by atoms with E-state index in [1.807, 2.05) is 6.20 Å². The van der Waals surface area contributed by atoms with Crippen LogP contribution in [0.3, 0.4) is 0 Å². The fourth-order valence-corrected chi connectivity index (χ4v) is 2.60. The summed E-state index contributed by atoms with van der Waals surface area (Å²) in [5, 5.41) is 2.64. The van der Waals surface area contributed by atoms with Crippen molar-refractivity contribution >= 4 is 10.8 Å². The van der Waals surface area contributed by atoms with Crippen molar-refractivity contribution in [2.24, 2.45) is 0 Å². The maximum absolute atomic E-state index is 3.42. The van der Waals surface area contributed by atoms with Crippen LogP contribution in [0.4, 0.5) is 0 Å². The van der Waals surface area contributed by atoms with Gasteiger partial charge in [0.05, 0.1) is 6.42 Å². The van der Waals surface area contributed by atoms with Crippen LogP contribution in [0.25, 0.3) is 10.8 Å². The summed E-state index contributed by atoms with van der Waals surface area (Å²) in [6.45, 7) is 6.47. The second-order valence-corrected chi connectivity index (χ2v) is 5.64. The number of aryl methyl sites for hydroxylation is 3. The number of rotatable bonds is 2. The summed E-state index contributed by atoms with van der Waals surface area (Å²) in [4.78, 5) is 3.42. The molecule has 108 valence electrons. The normalized spacial score (nSPS) is 10.4. The fraction of sp³-hybridized carbons (Fsp3) is 0.211. The summed E-state index contributed by atoms with van der Waals surface area (Å²) >= 11 is 0. The van der Waals surface area contributed by atoms with Crippen LogP contribution in [0, 0.1) is 20.8 Å². The van der Waals surface area contributed by atoms with Crippen LogP contribution >= 0.6 is 0 Å². The van der Waals surface area contributed by atoms with E-state index in [9.17, 15) is 0 Å². The molecule has 21 heavy (non-hydrogen) atoms. The number of nitrogens with one attached hydrogen (secondary N) is 1. The van der Waals surface area contributed by atoms with E-state index in [4.69, 9.17) is 0 Å². The summed E-state index contributed by atoms with van der Waals surface area (Å²) in [5.41, 5.74) is 6.64. The summed E-state index contributed by atoms with van der Waals surface area (Å²) in [6.07, 6.45) is 2.99. The number of fused-ring (bicyclic) bond motifs is 1. The Morgan fingerprint density at radius 2 is 1.52 bits per heavy atom. The first-order chi connectivity index (χ1) is 9.63. The van der Waals surface area contributed by atoms with Crippen molar-refractivity contribution in [3.05, 3.63) is 76.6 Å². The number of pyridine rings is 1. The molecular formula is C19H20ClN. The summed E-state index contributed by atoms with van der Waals surface area (Å²) in [5.74, 6) is 0. The van der Waals surface area contributed by atoms with Crippen LogP contribution in [-0.2, 0) is 6.42 Å². The van der Waals surface area contributed by atoms with Gasteiger partial charge in [-0.05, 0) is 48.9 Å². The molecule has 0 aliphatic heterocycles. The van der Waals surface area contributed by atoms with Crippen LogP contribution in [0.2, 0.25) is 0 Å². The van der Waals surface area contributed by atoms with Gasteiger partial charge in [-0.1, -0.05) is 35.9 Å². The second-order valence-electron chi connectivity index (χ2n) is 5.64. The maximum atomic E-state index is 3.42. The zero-order valence-electron chi connectivity index (χ0n) is 12.7. The highest BCUT2D eigenvalue weighted by Crippen LogP contribution is 2.22. The predicted molar refractivity (Wildman–Crippen MR) is 84.0 cm³/mol. The fourth-order valence-electron chi connectivity index (χ4n) is 2.60. The molecule has 0 radical (unpaired) electrons. The third kappa shape index (κ3) is 3.25. The van der Waals surface area contributed by atoms with Crippen LogP contribution in [-0.4, -0.2) is 0 Å². The minimum absolute atomic E-state index is 0. The second kappa shape index (κ2) is 6.28. The molecule has 1 heterocycles. The first kappa shape index (κ1) is 15.5. The van der Waals surface area contributed by atoms with Gasteiger partial charge in [0.1, 0.15) is 0 Å². The van der Waals surface area contributed by atoms with E-state index in [1.54, 1.807) is 0 Å². The number of halogens is 1. The first-order valence-electron chi connectivity index (χ1n) is 7.09. The SMILES string of the molecule is Cc1ccc(Cc2[nH+]ccc3cc(C)c(C)cc23)cc1.[Cl-]. The molecule has 1 nitrogen and oxygen atoms in total. The van der Waals surface area contributed by atoms with E-state index >= 15 is 0 Å². The lowest BCUT2D eigenvalue weighted by Gasteiger charge is -2.05. The molecule has 0 aliphatic carbocycles. The molecule has 3 aromatic rings. The van der Waals surface area contributed by atoms with Gasteiger partial charge in [-0.15, -0.1) is 0 Å². The van der Waals surface area contributed by atoms with Gasteiger partial charge in [0.15, 0.2) is 11.9 Å². The van der Waals surface area contributed by atoms with Crippen LogP contribution in [0.15, 0.2) is 48.7 Å². The molecule has 1 aromatic heterocycles. The number of hydrogen-bond donors (Lipinski definition) is 0. The topological polar surface area (TPSA) is 14.1 Å². The number of H-pyrrole nitrogens is 1. The molecule has 0 spiro atoms. The Kier molecular flexibility index (Phi) is 4.64. The zero-order chi connectivity index (χ0) is 14.1. The Balaban J connectivity index is 0.00000161. The Labute approximate surface area is 132 Å². The van der Waals surface area contributed by atoms with Gasteiger partial charge in [-0.3, -0.25) is 0 Å². The molecule has 0 atom stereocenters. The van der Waals surface area contributed by atoms with E-state index in [-0.39, 0.29) is 12.4 Å². The first-order valence-corrected chi connectivity index (χ1v) is 7.09. The zero-order valence-corrected chi connectivity index (χ0v) is 13.5. The van der Waals surface area contributed by atoms with Gasteiger partial charge < -0.3 is 12.4 Å². The third-order valence-corrected chi connectivity index (χ3v) is 4.01. The summed E-state index contributed by atoms with van der Waals surface area (Å²) in [7, 11) is 0. The molecule has 2 heteroatoms. The molecule has 0 saturated carbocycles. The van der Waals surface area contributed by atoms with Gasteiger partial charge in [0.25, 0.3) is 0 Å². The smallest absolute Gasteiger partial charge is 0.191 e. The molecule has 0 fully saturated rings. The van der Waals surface area contributed by atoms with Crippen molar-refractivity contribution in [2.75, 3.05) is 0 Å². The minimum atomic E-state index is 0. The average molecular weight is 298 g/mol. The quantitative estimate of drug-likeness (QED) is 0.674. The summed E-state index contributed by atoms with van der Waals surface area (Å²) < 4.78 is 0. The lowest BCUT2D eigenvalue weighted by atomic mass is 9.99. The van der Waals surface area contributed by atoms with Gasteiger partial charge in [0.2, 0.25) is 0 Å². The minimum Gasteiger partial charge on any atom is -1.00 e. The van der Waals surface area contributed by atoms with Gasteiger partial charge in [0, 0.05) is 11.5 Å². The van der Waals surface area contributed by atoms with E-state index in [0.29, 0.717) is 0 Å². The van der Waals surface area contributed by atoms with Crippen molar-refractivity contribution in [3.63, 3.8) is 0 Å². The van der Waals surface area contributed by atoms with Gasteiger partial charge >= 0.3 is 0 Å². The van der Waals surface area contributed by atoms with Crippen molar-refractivity contribution in [3.8, 4) is 0 Å². The maximum Gasteiger partial charge on any atom is 0.191 e. The van der Waals surface area contributed by atoms with Crippen LogP contribution < -0.4 is 17.4 Å². The molecule has 2 aromatic carbocycles. The molecule has 0 bridgehead atoms. The number of aromatic nitrogens is 1. The molecule has 1 N–H and O–H groups in total. The van der Waals surface area contributed by atoms with Gasteiger partial charge in [-0.2, -0.15) is 0 Å². The van der Waals surface area contributed by atoms with Crippen molar-refractivity contribution in [1.82, 2.24) is 0 Å². The Bertz CT molecular complexity index is 760. The van der Waals surface area contributed by atoms with E-state index in [2.05, 4.69) is 68.2 Å². The highest BCUT2D eigenvalue weighted by Gasteiger charge is 2.10. The highest BCUT2D eigenvalue weighted by atomic mass is 35.5. The van der Waals surface area contributed by atoms with E-state index in [1.165, 1.54) is 38.7 Å². The number of hydrogen-bond acceptors (Lipinski definition) is 0. The van der Waals surface area contributed by atoms with Crippen molar-refractivity contribution < 1.29 is 17.4 Å². The third-order valence-electron chi connectivity index (χ3n) is 4.01. The summed E-state index contributed by atoms with van der Waals surface area (Å²) in [6, 6.07) is 15.5. The molecular weight excluding hydrogens is 278 g/mol. The molecule has 0 amide bonds. The van der Waals surface area contributed by atoms with Crippen molar-refractivity contribution in [2.45, 2.75) is 27.2 Å². The highest BCUT2D eigenvalue weighted by molar-refractivity contribution is 5.85. The van der Waals surface area contributed by atoms with Gasteiger partial charge in [-0.25, -0.2) is 4.98 Å². The number of benzene rings is 2. The molecule has 0 saturated heterocycles. The standard InChI is InChI=1S/C19H19N.ClH/c1-13-4-6-16(7-5-13)12-19-18-11-15(3)14(2)10-17(18)8-9-20-19;/h4-11H,12H2,1-3H3;1H. The van der Waals surface area contributed by atoms with Crippen LogP contribution in [0.1, 0.15) is 27.9 Å². The Morgan fingerprint density at radius 1 is 0.857 bits per heavy atom. The van der Waals surface area contributed by atoms with E-state index in [0.717, 1.165) is 6.42 Å². The van der Waals surface area contributed by atoms with E-state index < -0.39 is 0 Å². The Hall–Kier alpha value is -1.86. The lowest BCUT2D eigenvalue weighted by molar-refractivity contribution is -0.387. The van der Waals surface area contributed by atoms with Crippen molar-refractivity contribution in [1.29, 1.82) is 0 Å². The average Bonchev–Trinajstić information content (AvgIpc) is 2.43. The molecule has 0 aliphatic rings. The monoisotopic (exact) mass is 297 g/mol. The molecule has 3 rings (SSSR count). The number of aromatic amines is 1. The lowest BCUT2D eigenvalue weighted by Crippen LogP contribution is -3.00. The predicted octanol–water partition coefficient (Wildman–Crippen LogP) is 1.17. The largest absolute Gasteiger partial charge is 1.00 e. The Morgan fingerprint density at radius 3 is 2.24 bits per heavy atom. The molecule has 0 unspecified atom stereocenters. The van der Waals surface area contributed by atoms with Crippen LogP contribution in [0.5, 0.6) is 0 Å².